The summed E-state index contributed by atoms with van der Waals surface area (Å²) in [6.07, 6.45) is 5.39. The van der Waals surface area contributed by atoms with E-state index in [-0.39, 0.29) is 0 Å². The lowest BCUT2D eigenvalue weighted by atomic mass is 9.64. The molecule has 1 aromatic carbocycles. The number of rotatable bonds is 3. The maximum Gasteiger partial charge on any atom is 0.181 e. The van der Waals surface area contributed by atoms with Gasteiger partial charge in [-0.05, 0) is 37.6 Å². The average Bonchev–Trinajstić information content (AvgIpc) is 2.70. The molecule has 1 aromatic heterocycles. The van der Waals surface area contributed by atoms with E-state index in [1.165, 1.54) is 31.2 Å². The predicted molar refractivity (Wildman–Crippen MR) is 63.5 cm³/mol. The lowest BCUT2D eigenvalue weighted by Gasteiger charge is -2.42. The van der Waals surface area contributed by atoms with E-state index in [1.807, 2.05) is 7.05 Å². The number of oxazole rings is 1. The highest BCUT2D eigenvalue weighted by Crippen LogP contribution is 2.43. The van der Waals surface area contributed by atoms with Gasteiger partial charge >= 0.3 is 0 Å². The SMILES string of the molecule is CNCC1(c2ccc3ncoc3c2)CCC1. The number of aromatic nitrogens is 1. The molecule has 1 saturated carbocycles. The van der Waals surface area contributed by atoms with Gasteiger partial charge in [-0.15, -0.1) is 0 Å². The maximum absolute atomic E-state index is 5.37. The number of nitrogens with one attached hydrogen (secondary N) is 1. The highest BCUT2D eigenvalue weighted by molar-refractivity contribution is 5.73. The summed E-state index contributed by atoms with van der Waals surface area (Å²) in [6.45, 7) is 1.05. The molecule has 0 aliphatic heterocycles. The fourth-order valence-corrected chi connectivity index (χ4v) is 2.69. The summed E-state index contributed by atoms with van der Waals surface area (Å²) < 4.78 is 5.37. The van der Waals surface area contributed by atoms with Crippen molar-refractivity contribution in [3.8, 4) is 0 Å². The first kappa shape index (κ1) is 9.85. The average molecular weight is 216 g/mol. The van der Waals surface area contributed by atoms with E-state index in [9.17, 15) is 0 Å². The Bertz CT molecular complexity index is 499. The molecule has 1 N–H and O–H groups in total. The minimum Gasteiger partial charge on any atom is -0.443 e. The molecule has 1 aliphatic rings. The summed E-state index contributed by atoms with van der Waals surface area (Å²) in [4.78, 5) is 4.15. The second-order valence-corrected chi connectivity index (χ2v) is 4.70. The van der Waals surface area contributed by atoms with Gasteiger partial charge in [-0.3, -0.25) is 0 Å². The van der Waals surface area contributed by atoms with Gasteiger partial charge in [-0.1, -0.05) is 12.5 Å². The van der Waals surface area contributed by atoms with Crippen LogP contribution in [-0.2, 0) is 5.41 Å². The Hall–Kier alpha value is -1.35. The second kappa shape index (κ2) is 3.59. The Morgan fingerprint density at radius 3 is 3.00 bits per heavy atom. The van der Waals surface area contributed by atoms with E-state index in [0.717, 1.165) is 17.6 Å². The summed E-state index contributed by atoms with van der Waals surface area (Å²) in [5.41, 5.74) is 3.57. The molecule has 0 spiro atoms. The van der Waals surface area contributed by atoms with E-state index >= 15 is 0 Å². The van der Waals surface area contributed by atoms with Crippen molar-refractivity contribution in [2.24, 2.45) is 0 Å². The molecular formula is C13H16N2O. The normalized spacial score (nSPS) is 18.6. The molecule has 0 bridgehead atoms. The molecule has 1 aliphatic carbocycles. The lowest BCUT2D eigenvalue weighted by Crippen LogP contribution is -2.42. The molecule has 1 heterocycles. The van der Waals surface area contributed by atoms with Crippen molar-refractivity contribution in [2.45, 2.75) is 24.7 Å². The minimum absolute atomic E-state index is 0.329. The quantitative estimate of drug-likeness (QED) is 0.856. The first-order chi connectivity index (χ1) is 7.84. The van der Waals surface area contributed by atoms with Crippen molar-refractivity contribution in [3.63, 3.8) is 0 Å². The zero-order valence-corrected chi connectivity index (χ0v) is 9.49. The molecule has 84 valence electrons. The van der Waals surface area contributed by atoms with Crippen LogP contribution in [0.15, 0.2) is 29.0 Å². The lowest BCUT2D eigenvalue weighted by molar-refractivity contribution is 0.239. The predicted octanol–water partition coefficient (Wildman–Crippen LogP) is 2.47. The standard InChI is InChI=1S/C13H16N2O/c1-14-8-13(5-2-6-13)10-3-4-11-12(7-10)16-9-15-11/h3-4,7,9,14H,2,5-6,8H2,1H3. The van der Waals surface area contributed by atoms with Crippen LogP contribution in [0.5, 0.6) is 0 Å². The van der Waals surface area contributed by atoms with Gasteiger partial charge in [0.1, 0.15) is 5.52 Å². The summed E-state index contributed by atoms with van der Waals surface area (Å²) in [6, 6.07) is 6.41. The molecule has 0 amide bonds. The maximum atomic E-state index is 5.37. The zero-order chi connectivity index (χ0) is 11.0. The molecule has 0 unspecified atom stereocenters. The third kappa shape index (κ3) is 1.35. The number of benzene rings is 1. The van der Waals surface area contributed by atoms with Gasteiger partial charge in [-0.25, -0.2) is 4.98 Å². The van der Waals surface area contributed by atoms with E-state index in [4.69, 9.17) is 4.42 Å². The van der Waals surface area contributed by atoms with E-state index < -0.39 is 0 Å². The monoisotopic (exact) mass is 216 g/mol. The van der Waals surface area contributed by atoms with Crippen LogP contribution in [0.4, 0.5) is 0 Å². The summed E-state index contributed by atoms with van der Waals surface area (Å²) in [5.74, 6) is 0. The van der Waals surface area contributed by atoms with Gasteiger partial charge in [0, 0.05) is 12.0 Å². The molecule has 3 nitrogen and oxygen atoms in total. The topological polar surface area (TPSA) is 38.1 Å². The number of fused-ring (bicyclic) bond motifs is 1. The molecule has 3 heteroatoms. The first-order valence-corrected chi connectivity index (χ1v) is 5.82. The summed E-state index contributed by atoms with van der Waals surface area (Å²) in [5, 5.41) is 3.30. The first-order valence-electron chi connectivity index (χ1n) is 5.82. The third-order valence-electron chi connectivity index (χ3n) is 3.77. The van der Waals surface area contributed by atoms with Crippen molar-refractivity contribution in [3.05, 3.63) is 30.2 Å². The fourth-order valence-electron chi connectivity index (χ4n) is 2.69. The van der Waals surface area contributed by atoms with Crippen LogP contribution in [0, 0.1) is 0 Å². The van der Waals surface area contributed by atoms with Crippen molar-refractivity contribution in [1.82, 2.24) is 10.3 Å². The molecule has 0 saturated heterocycles. The number of likely N-dealkylation sites (N-methyl/N-ethyl adjacent to an activating group) is 1. The van der Waals surface area contributed by atoms with E-state index in [2.05, 4.69) is 28.5 Å². The number of nitrogens with zero attached hydrogens (tertiary/aromatic N) is 1. The second-order valence-electron chi connectivity index (χ2n) is 4.70. The van der Waals surface area contributed by atoms with Crippen molar-refractivity contribution in [1.29, 1.82) is 0 Å². The Morgan fingerprint density at radius 2 is 2.31 bits per heavy atom. The van der Waals surface area contributed by atoms with Crippen LogP contribution in [0.25, 0.3) is 11.1 Å². The number of hydrogen-bond acceptors (Lipinski definition) is 3. The van der Waals surface area contributed by atoms with Crippen molar-refractivity contribution < 1.29 is 4.42 Å². The molecule has 1 fully saturated rings. The summed E-state index contributed by atoms with van der Waals surface area (Å²) in [7, 11) is 2.02. The molecule has 3 rings (SSSR count). The van der Waals surface area contributed by atoms with Gasteiger partial charge in [0.15, 0.2) is 12.0 Å². The van der Waals surface area contributed by atoms with Gasteiger partial charge in [0.05, 0.1) is 0 Å². The van der Waals surface area contributed by atoms with Crippen LogP contribution in [0.3, 0.4) is 0 Å². The Balaban J connectivity index is 2.03. The van der Waals surface area contributed by atoms with Gasteiger partial charge < -0.3 is 9.73 Å². The largest absolute Gasteiger partial charge is 0.443 e. The van der Waals surface area contributed by atoms with E-state index in [0.29, 0.717) is 5.41 Å². The molecule has 0 radical (unpaired) electrons. The zero-order valence-electron chi connectivity index (χ0n) is 9.49. The van der Waals surface area contributed by atoms with Gasteiger partial charge in [0.25, 0.3) is 0 Å². The summed E-state index contributed by atoms with van der Waals surface area (Å²) >= 11 is 0. The Morgan fingerprint density at radius 1 is 1.44 bits per heavy atom. The highest BCUT2D eigenvalue weighted by atomic mass is 16.3. The third-order valence-corrected chi connectivity index (χ3v) is 3.77. The van der Waals surface area contributed by atoms with Crippen LogP contribution >= 0.6 is 0 Å². The Labute approximate surface area is 94.9 Å². The van der Waals surface area contributed by atoms with Gasteiger partial charge in [-0.2, -0.15) is 0 Å². The molecular weight excluding hydrogens is 200 g/mol. The molecule has 2 aromatic rings. The fraction of sp³-hybridized carbons (Fsp3) is 0.462. The van der Waals surface area contributed by atoms with Crippen LogP contribution in [0.2, 0.25) is 0 Å². The molecule has 0 atom stereocenters. The van der Waals surface area contributed by atoms with Crippen LogP contribution in [0.1, 0.15) is 24.8 Å². The van der Waals surface area contributed by atoms with Crippen LogP contribution in [-0.4, -0.2) is 18.6 Å². The number of hydrogen-bond donors (Lipinski definition) is 1. The smallest absolute Gasteiger partial charge is 0.181 e. The van der Waals surface area contributed by atoms with Gasteiger partial charge in [0.2, 0.25) is 0 Å². The highest BCUT2D eigenvalue weighted by Gasteiger charge is 2.38. The van der Waals surface area contributed by atoms with E-state index in [1.54, 1.807) is 0 Å². The van der Waals surface area contributed by atoms with Crippen LogP contribution < -0.4 is 5.32 Å². The molecule has 16 heavy (non-hydrogen) atoms. The Kier molecular flexibility index (Phi) is 2.21. The minimum atomic E-state index is 0.329. The van der Waals surface area contributed by atoms with Crippen molar-refractivity contribution >= 4 is 11.1 Å². The van der Waals surface area contributed by atoms with Crippen molar-refractivity contribution in [2.75, 3.05) is 13.6 Å².